The van der Waals surface area contributed by atoms with Crippen LogP contribution in [0.15, 0.2) is 47.6 Å². The van der Waals surface area contributed by atoms with E-state index < -0.39 is 0 Å². The highest BCUT2D eigenvalue weighted by Crippen LogP contribution is 2.23. The van der Waals surface area contributed by atoms with Crippen LogP contribution in [0, 0.1) is 12.3 Å². The summed E-state index contributed by atoms with van der Waals surface area (Å²) in [6.45, 7) is 2.07. The highest BCUT2D eigenvalue weighted by Gasteiger charge is 2.05. The molecule has 0 aliphatic rings. The lowest BCUT2D eigenvalue weighted by Gasteiger charge is -2.02. The molecular formula is C16H16N4S. The van der Waals surface area contributed by atoms with E-state index in [1.165, 1.54) is 5.56 Å². The smallest absolute Gasteiger partial charge is 0.166 e. The molecule has 0 fully saturated rings. The Kier molecular flexibility index (Phi) is 3.66. The number of imidazole rings is 1. The molecule has 1 heterocycles. The average molecular weight is 296 g/mol. The minimum atomic E-state index is 0.0982. The third-order valence-electron chi connectivity index (χ3n) is 3.23. The summed E-state index contributed by atoms with van der Waals surface area (Å²) >= 11 is 1.65. The van der Waals surface area contributed by atoms with Crippen molar-refractivity contribution in [3.05, 3.63) is 59.2 Å². The summed E-state index contributed by atoms with van der Waals surface area (Å²) < 4.78 is 0. The fraction of sp³-hybridized carbons (Fsp3) is 0.125. The first-order valence-electron chi connectivity index (χ1n) is 6.64. The number of H-pyrrole nitrogens is 1. The van der Waals surface area contributed by atoms with Crippen molar-refractivity contribution in [2.75, 3.05) is 0 Å². The van der Waals surface area contributed by atoms with Crippen LogP contribution in [-0.2, 0) is 5.75 Å². The first kappa shape index (κ1) is 13.7. The van der Waals surface area contributed by atoms with Gasteiger partial charge in [-0.3, -0.25) is 5.41 Å². The molecule has 0 spiro atoms. The van der Waals surface area contributed by atoms with Gasteiger partial charge in [-0.2, -0.15) is 0 Å². The SMILES string of the molecule is Cc1ccc2nc(SCc3cccc(C(=N)N)c3)[nH]c2c1. The Morgan fingerprint density at radius 3 is 2.95 bits per heavy atom. The van der Waals surface area contributed by atoms with E-state index in [1.54, 1.807) is 11.8 Å². The van der Waals surface area contributed by atoms with E-state index in [4.69, 9.17) is 11.1 Å². The van der Waals surface area contributed by atoms with Crippen LogP contribution < -0.4 is 5.73 Å². The number of nitrogens with one attached hydrogen (secondary N) is 2. The molecule has 3 aromatic rings. The van der Waals surface area contributed by atoms with E-state index in [0.717, 1.165) is 33.1 Å². The first-order valence-corrected chi connectivity index (χ1v) is 7.63. The van der Waals surface area contributed by atoms with Gasteiger partial charge in [0.05, 0.1) is 11.0 Å². The molecule has 0 bridgehead atoms. The Morgan fingerprint density at radius 2 is 2.14 bits per heavy atom. The van der Waals surface area contributed by atoms with Gasteiger partial charge in [0.1, 0.15) is 5.84 Å². The van der Waals surface area contributed by atoms with Crippen molar-refractivity contribution in [2.24, 2.45) is 5.73 Å². The molecule has 4 nitrogen and oxygen atoms in total. The second-order valence-electron chi connectivity index (χ2n) is 4.97. The lowest BCUT2D eigenvalue weighted by molar-refractivity contribution is 1.08. The maximum absolute atomic E-state index is 7.47. The molecule has 1 aromatic heterocycles. The number of aryl methyl sites for hydroxylation is 1. The number of fused-ring (bicyclic) bond motifs is 1. The normalized spacial score (nSPS) is 10.9. The summed E-state index contributed by atoms with van der Waals surface area (Å²) in [5.41, 5.74) is 10.7. The van der Waals surface area contributed by atoms with Gasteiger partial charge in [0.2, 0.25) is 0 Å². The van der Waals surface area contributed by atoms with Gasteiger partial charge >= 0.3 is 0 Å². The van der Waals surface area contributed by atoms with Gasteiger partial charge in [-0.15, -0.1) is 0 Å². The molecule has 21 heavy (non-hydrogen) atoms. The van der Waals surface area contributed by atoms with E-state index in [2.05, 4.69) is 29.0 Å². The number of hydrogen-bond acceptors (Lipinski definition) is 3. The predicted octanol–water partition coefficient (Wildman–Crippen LogP) is 3.45. The maximum Gasteiger partial charge on any atom is 0.166 e. The van der Waals surface area contributed by atoms with Gasteiger partial charge in [-0.05, 0) is 36.2 Å². The van der Waals surface area contributed by atoms with Crippen LogP contribution in [0.1, 0.15) is 16.7 Å². The van der Waals surface area contributed by atoms with Gasteiger partial charge in [0, 0.05) is 11.3 Å². The fourth-order valence-electron chi connectivity index (χ4n) is 2.15. The second kappa shape index (κ2) is 5.61. The zero-order valence-corrected chi connectivity index (χ0v) is 12.5. The van der Waals surface area contributed by atoms with Crippen molar-refractivity contribution in [1.29, 1.82) is 5.41 Å². The zero-order chi connectivity index (χ0) is 14.8. The number of nitrogens with zero attached hydrogens (tertiary/aromatic N) is 1. The largest absolute Gasteiger partial charge is 0.384 e. The van der Waals surface area contributed by atoms with Gasteiger partial charge < -0.3 is 10.7 Å². The number of nitrogen functional groups attached to an aromatic ring is 1. The van der Waals surface area contributed by atoms with Crippen LogP contribution in [0.4, 0.5) is 0 Å². The van der Waals surface area contributed by atoms with Crippen LogP contribution in [0.5, 0.6) is 0 Å². The van der Waals surface area contributed by atoms with Crippen molar-refractivity contribution in [1.82, 2.24) is 9.97 Å². The molecule has 0 aliphatic heterocycles. The van der Waals surface area contributed by atoms with Crippen molar-refractivity contribution in [2.45, 2.75) is 17.8 Å². The molecule has 0 atom stereocenters. The van der Waals surface area contributed by atoms with Gasteiger partial charge in [-0.25, -0.2) is 4.98 Å². The summed E-state index contributed by atoms with van der Waals surface area (Å²) in [6, 6.07) is 13.9. The molecule has 0 saturated carbocycles. The van der Waals surface area contributed by atoms with E-state index in [0.29, 0.717) is 0 Å². The van der Waals surface area contributed by atoms with Crippen LogP contribution in [-0.4, -0.2) is 15.8 Å². The van der Waals surface area contributed by atoms with Crippen molar-refractivity contribution >= 4 is 28.6 Å². The fourth-order valence-corrected chi connectivity index (χ4v) is 2.98. The molecule has 0 saturated heterocycles. The van der Waals surface area contributed by atoms with Gasteiger partial charge in [-0.1, -0.05) is 36.0 Å². The highest BCUT2D eigenvalue weighted by molar-refractivity contribution is 7.98. The number of thioether (sulfide) groups is 1. The van der Waals surface area contributed by atoms with E-state index in [9.17, 15) is 0 Å². The Bertz CT molecular complexity index is 807. The van der Waals surface area contributed by atoms with Crippen molar-refractivity contribution in [3.8, 4) is 0 Å². The lowest BCUT2D eigenvalue weighted by atomic mass is 10.1. The monoisotopic (exact) mass is 296 g/mol. The summed E-state index contributed by atoms with van der Waals surface area (Å²) in [4.78, 5) is 7.90. The summed E-state index contributed by atoms with van der Waals surface area (Å²) in [5.74, 6) is 0.890. The molecule has 0 radical (unpaired) electrons. The second-order valence-corrected chi connectivity index (χ2v) is 5.93. The number of hydrogen-bond donors (Lipinski definition) is 3. The molecule has 5 heteroatoms. The quantitative estimate of drug-likeness (QED) is 0.392. The summed E-state index contributed by atoms with van der Waals surface area (Å²) in [6.07, 6.45) is 0. The Morgan fingerprint density at radius 1 is 1.29 bits per heavy atom. The minimum Gasteiger partial charge on any atom is -0.384 e. The van der Waals surface area contributed by atoms with Crippen molar-refractivity contribution < 1.29 is 0 Å². The summed E-state index contributed by atoms with van der Waals surface area (Å²) in [7, 11) is 0. The van der Waals surface area contributed by atoms with E-state index in [-0.39, 0.29) is 5.84 Å². The van der Waals surface area contributed by atoms with Crippen LogP contribution in [0.3, 0.4) is 0 Å². The number of nitrogens with two attached hydrogens (primary N) is 1. The van der Waals surface area contributed by atoms with Crippen LogP contribution in [0.2, 0.25) is 0 Å². The zero-order valence-electron chi connectivity index (χ0n) is 11.7. The molecule has 0 aliphatic carbocycles. The Hall–Kier alpha value is -2.27. The van der Waals surface area contributed by atoms with E-state index >= 15 is 0 Å². The molecule has 3 rings (SSSR count). The lowest BCUT2D eigenvalue weighted by Crippen LogP contribution is -2.10. The number of aromatic nitrogens is 2. The summed E-state index contributed by atoms with van der Waals surface area (Å²) in [5, 5.41) is 8.38. The van der Waals surface area contributed by atoms with Crippen LogP contribution >= 0.6 is 11.8 Å². The van der Waals surface area contributed by atoms with Gasteiger partial charge in [0.25, 0.3) is 0 Å². The first-order chi connectivity index (χ1) is 10.1. The maximum atomic E-state index is 7.47. The number of aromatic amines is 1. The molecular weight excluding hydrogens is 280 g/mol. The third-order valence-corrected chi connectivity index (χ3v) is 4.17. The Balaban J connectivity index is 1.77. The predicted molar refractivity (Wildman–Crippen MR) is 87.8 cm³/mol. The number of rotatable bonds is 4. The molecule has 4 N–H and O–H groups in total. The van der Waals surface area contributed by atoms with Crippen molar-refractivity contribution in [3.63, 3.8) is 0 Å². The number of amidine groups is 1. The topological polar surface area (TPSA) is 78.6 Å². The molecule has 0 unspecified atom stereocenters. The number of benzene rings is 2. The molecule has 2 aromatic carbocycles. The molecule has 106 valence electrons. The Labute approximate surface area is 127 Å². The average Bonchev–Trinajstić information content (AvgIpc) is 2.87. The van der Waals surface area contributed by atoms with E-state index in [1.807, 2.05) is 30.3 Å². The standard InChI is InChI=1S/C16H16N4S/c1-10-5-6-13-14(7-10)20-16(19-13)21-9-11-3-2-4-12(8-11)15(17)18/h2-8H,9H2,1H3,(H3,17,18)(H,19,20). The molecule has 0 amide bonds. The van der Waals surface area contributed by atoms with Crippen LogP contribution in [0.25, 0.3) is 11.0 Å². The van der Waals surface area contributed by atoms with Gasteiger partial charge in [0.15, 0.2) is 5.16 Å². The highest BCUT2D eigenvalue weighted by atomic mass is 32.2. The third kappa shape index (κ3) is 3.08. The minimum absolute atomic E-state index is 0.0982.